The summed E-state index contributed by atoms with van der Waals surface area (Å²) in [5.74, 6) is -1.07. The van der Waals surface area contributed by atoms with Gasteiger partial charge in [0.05, 0.1) is 0 Å². The summed E-state index contributed by atoms with van der Waals surface area (Å²) in [5.41, 5.74) is 1.48. The van der Waals surface area contributed by atoms with E-state index >= 15 is 0 Å². The van der Waals surface area contributed by atoms with Crippen LogP contribution in [0.5, 0.6) is 5.75 Å². The van der Waals surface area contributed by atoms with Crippen LogP contribution in [0.25, 0.3) is 0 Å². The molecule has 0 aliphatic heterocycles. The van der Waals surface area contributed by atoms with Gasteiger partial charge in [-0.1, -0.05) is 12.1 Å². The Labute approximate surface area is 162 Å². The van der Waals surface area contributed by atoms with Gasteiger partial charge in [0.2, 0.25) is 0 Å². The first-order valence-corrected chi connectivity index (χ1v) is 8.61. The molecule has 146 valence electrons. The molecular formula is C21H21NO6. The number of ketones is 2. The van der Waals surface area contributed by atoms with Gasteiger partial charge in [-0.2, -0.15) is 0 Å². The zero-order valence-electron chi connectivity index (χ0n) is 15.9. The molecule has 2 aromatic carbocycles. The van der Waals surface area contributed by atoms with E-state index in [0.29, 0.717) is 22.6 Å². The summed E-state index contributed by atoms with van der Waals surface area (Å²) in [7, 11) is 0. The van der Waals surface area contributed by atoms with Gasteiger partial charge in [-0.25, -0.2) is 4.79 Å². The number of Topliss-reactive ketones (excluding diaryl/α,β-unsaturated/α-hetero) is 2. The highest BCUT2D eigenvalue weighted by molar-refractivity contribution is 5.97. The van der Waals surface area contributed by atoms with Crippen LogP contribution in [0.4, 0.5) is 5.69 Å². The number of carbonyl (C=O) groups excluding carboxylic acids is 4. The molecule has 0 bridgehead atoms. The summed E-state index contributed by atoms with van der Waals surface area (Å²) in [6.07, 6.45) is -1.04. The third kappa shape index (κ3) is 6.05. The number of anilines is 1. The Bertz CT molecular complexity index is 888. The first-order chi connectivity index (χ1) is 13.3. The van der Waals surface area contributed by atoms with Crippen LogP contribution in [-0.2, 0) is 14.3 Å². The molecule has 0 radical (unpaired) electrons. The lowest BCUT2D eigenvalue weighted by Gasteiger charge is -2.14. The normalized spacial score (nSPS) is 11.2. The van der Waals surface area contributed by atoms with E-state index in [1.54, 1.807) is 42.5 Å². The van der Waals surface area contributed by atoms with E-state index in [-0.39, 0.29) is 11.6 Å². The third-order valence-corrected chi connectivity index (χ3v) is 3.83. The minimum Gasteiger partial charge on any atom is -0.482 e. The molecule has 1 atom stereocenters. The second-order valence-corrected chi connectivity index (χ2v) is 6.13. The summed E-state index contributed by atoms with van der Waals surface area (Å²) in [6, 6.07) is 12.8. The highest BCUT2D eigenvalue weighted by atomic mass is 16.6. The molecule has 7 nitrogen and oxygen atoms in total. The van der Waals surface area contributed by atoms with Crippen molar-refractivity contribution in [3.05, 3.63) is 59.7 Å². The van der Waals surface area contributed by atoms with Gasteiger partial charge in [0.1, 0.15) is 5.75 Å². The molecular weight excluding hydrogens is 362 g/mol. The maximum Gasteiger partial charge on any atom is 0.344 e. The number of nitrogens with one attached hydrogen (secondary N) is 1. The van der Waals surface area contributed by atoms with Crippen LogP contribution in [-0.4, -0.2) is 36.2 Å². The molecule has 28 heavy (non-hydrogen) atoms. The van der Waals surface area contributed by atoms with Crippen molar-refractivity contribution in [2.24, 2.45) is 0 Å². The van der Waals surface area contributed by atoms with Crippen LogP contribution >= 0.6 is 0 Å². The lowest BCUT2D eigenvalue weighted by Crippen LogP contribution is -2.31. The maximum atomic E-state index is 12.1. The van der Waals surface area contributed by atoms with Crippen molar-refractivity contribution in [3.8, 4) is 5.75 Å². The Morgan fingerprint density at radius 2 is 1.57 bits per heavy atom. The third-order valence-electron chi connectivity index (χ3n) is 3.83. The summed E-state index contributed by atoms with van der Waals surface area (Å²) in [4.78, 5) is 46.6. The smallest absolute Gasteiger partial charge is 0.344 e. The topological polar surface area (TPSA) is 98.8 Å². The number of hydrogen-bond donors (Lipinski definition) is 1. The van der Waals surface area contributed by atoms with Gasteiger partial charge >= 0.3 is 5.97 Å². The Balaban J connectivity index is 1.84. The molecule has 2 rings (SSSR count). The zero-order chi connectivity index (χ0) is 20.7. The van der Waals surface area contributed by atoms with E-state index in [2.05, 4.69) is 5.32 Å². The molecule has 0 saturated carbocycles. The number of carbonyl (C=O) groups is 4. The lowest BCUT2D eigenvalue weighted by atomic mass is 10.1. The number of hydrogen-bond acceptors (Lipinski definition) is 6. The van der Waals surface area contributed by atoms with Crippen molar-refractivity contribution in [2.45, 2.75) is 26.9 Å². The van der Waals surface area contributed by atoms with Crippen LogP contribution in [0.3, 0.4) is 0 Å². The van der Waals surface area contributed by atoms with E-state index in [4.69, 9.17) is 9.47 Å². The molecule has 0 saturated heterocycles. The monoisotopic (exact) mass is 383 g/mol. The van der Waals surface area contributed by atoms with Gasteiger partial charge in [0.25, 0.3) is 5.91 Å². The predicted molar refractivity (Wildman–Crippen MR) is 103 cm³/mol. The van der Waals surface area contributed by atoms with E-state index in [1.807, 2.05) is 0 Å². The zero-order valence-corrected chi connectivity index (χ0v) is 15.9. The van der Waals surface area contributed by atoms with Crippen LogP contribution in [0.15, 0.2) is 48.5 Å². The Hall–Kier alpha value is -3.48. The quantitative estimate of drug-likeness (QED) is 0.556. The first-order valence-electron chi connectivity index (χ1n) is 8.61. The van der Waals surface area contributed by atoms with Crippen molar-refractivity contribution < 1.29 is 28.7 Å². The van der Waals surface area contributed by atoms with Crippen LogP contribution < -0.4 is 10.1 Å². The molecule has 0 spiro atoms. The van der Waals surface area contributed by atoms with Crippen molar-refractivity contribution in [3.63, 3.8) is 0 Å². The second kappa shape index (κ2) is 9.45. The summed E-state index contributed by atoms with van der Waals surface area (Å²) in [5, 5.41) is 2.60. The van der Waals surface area contributed by atoms with E-state index < -0.39 is 24.6 Å². The summed E-state index contributed by atoms with van der Waals surface area (Å²) < 4.78 is 10.4. The van der Waals surface area contributed by atoms with Crippen LogP contribution in [0, 0.1) is 0 Å². The van der Waals surface area contributed by atoms with Gasteiger partial charge < -0.3 is 14.8 Å². The first kappa shape index (κ1) is 20.8. The molecule has 0 aliphatic rings. The Kier molecular flexibility index (Phi) is 7.03. The van der Waals surface area contributed by atoms with Crippen molar-refractivity contribution >= 4 is 29.1 Å². The number of esters is 1. The fourth-order valence-corrected chi connectivity index (χ4v) is 2.26. The van der Waals surface area contributed by atoms with Crippen LogP contribution in [0.1, 0.15) is 41.5 Å². The standard InChI is InChI=1S/C21H21NO6/c1-13(23)16-7-9-18(10-8-16)22-21(26)15(3)28-20(25)12-27-19-6-4-5-17(11-19)14(2)24/h4-11,15H,12H2,1-3H3,(H,22,26)/t15-/m0/s1. The molecule has 1 amide bonds. The van der Waals surface area contributed by atoms with Crippen molar-refractivity contribution in [1.82, 2.24) is 0 Å². The highest BCUT2D eigenvalue weighted by Crippen LogP contribution is 2.14. The Morgan fingerprint density at radius 3 is 2.18 bits per heavy atom. The van der Waals surface area contributed by atoms with E-state index in [1.165, 1.54) is 26.8 Å². The van der Waals surface area contributed by atoms with Crippen LogP contribution in [0.2, 0.25) is 0 Å². The molecule has 7 heteroatoms. The molecule has 2 aromatic rings. The SMILES string of the molecule is CC(=O)c1ccc(NC(=O)[C@H](C)OC(=O)COc2cccc(C(C)=O)c2)cc1. The largest absolute Gasteiger partial charge is 0.482 e. The van der Waals surface area contributed by atoms with Gasteiger partial charge in [0, 0.05) is 16.8 Å². The van der Waals surface area contributed by atoms with E-state index in [9.17, 15) is 19.2 Å². The summed E-state index contributed by atoms with van der Waals surface area (Å²) in [6.45, 7) is 3.93. The highest BCUT2D eigenvalue weighted by Gasteiger charge is 2.18. The van der Waals surface area contributed by atoms with Gasteiger partial charge in [-0.05, 0) is 57.2 Å². The molecule has 0 heterocycles. The fourth-order valence-electron chi connectivity index (χ4n) is 2.26. The number of rotatable bonds is 8. The number of benzene rings is 2. The maximum absolute atomic E-state index is 12.1. The second-order valence-electron chi connectivity index (χ2n) is 6.13. The molecule has 1 N–H and O–H groups in total. The lowest BCUT2D eigenvalue weighted by molar-refractivity contribution is -0.155. The van der Waals surface area contributed by atoms with Gasteiger partial charge in [-0.15, -0.1) is 0 Å². The van der Waals surface area contributed by atoms with E-state index in [0.717, 1.165) is 0 Å². The minimum atomic E-state index is -1.04. The summed E-state index contributed by atoms with van der Waals surface area (Å²) >= 11 is 0. The molecule has 0 aromatic heterocycles. The average Bonchev–Trinajstić information content (AvgIpc) is 2.67. The van der Waals surface area contributed by atoms with Crippen molar-refractivity contribution in [2.75, 3.05) is 11.9 Å². The molecule has 0 aliphatic carbocycles. The number of ether oxygens (including phenoxy) is 2. The number of amides is 1. The average molecular weight is 383 g/mol. The molecule has 0 fully saturated rings. The minimum absolute atomic E-state index is 0.0750. The Morgan fingerprint density at radius 1 is 0.929 bits per heavy atom. The molecule has 0 unspecified atom stereocenters. The van der Waals surface area contributed by atoms with Gasteiger partial charge in [0.15, 0.2) is 24.3 Å². The predicted octanol–water partition coefficient (Wildman–Crippen LogP) is 3.04. The van der Waals surface area contributed by atoms with Gasteiger partial charge in [-0.3, -0.25) is 14.4 Å². The fraction of sp³-hybridized carbons (Fsp3) is 0.238. The van der Waals surface area contributed by atoms with Crippen molar-refractivity contribution in [1.29, 1.82) is 0 Å².